The van der Waals surface area contributed by atoms with E-state index in [1.807, 2.05) is 13.8 Å². The molecule has 0 spiro atoms. The van der Waals surface area contributed by atoms with Crippen LogP contribution in [0.5, 0.6) is 5.75 Å². The summed E-state index contributed by atoms with van der Waals surface area (Å²) in [6.45, 7) is 7.69. The van der Waals surface area contributed by atoms with E-state index >= 15 is 0 Å². The first-order valence-corrected chi connectivity index (χ1v) is 12.0. The minimum Gasteiger partial charge on any atom is -0.507 e. The molecule has 1 saturated heterocycles. The lowest BCUT2D eigenvalue weighted by atomic mass is 9.95. The quantitative estimate of drug-likeness (QED) is 0.211. The summed E-state index contributed by atoms with van der Waals surface area (Å²) in [6.07, 6.45) is 2.78. The van der Waals surface area contributed by atoms with Crippen LogP contribution in [0.2, 0.25) is 0 Å². The first kappa shape index (κ1) is 25.6. The zero-order valence-corrected chi connectivity index (χ0v) is 21.1. The Hall–Kier alpha value is -4.46. The summed E-state index contributed by atoms with van der Waals surface area (Å²) in [5.74, 6) is -1.83. The molecule has 1 amide bonds. The number of nitrogens with zero attached hydrogens (tertiary/aromatic N) is 2. The number of carbonyl (C=O) groups is 3. The minimum absolute atomic E-state index is 0.0603. The monoisotopic (exact) mass is 500 g/mol. The number of esters is 1. The Bertz CT molecular complexity index is 1380. The van der Waals surface area contributed by atoms with Crippen LogP contribution in [0, 0.1) is 6.92 Å². The lowest BCUT2D eigenvalue weighted by Crippen LogP contribution is -2.29. The van der Waals surface area contributed by atoms with Crippen molar-refractivity contribution in [2.45, 2.75) is 39.8 Å². The van der Waals surface area contributed by atoms with Gasteiger partial charge in [0, 0.05) is 23.6 Å². The van der Waals surface area contributed by atoms with Gasteiger partial charge in [-0.05, 0) is 87.4 Å². The fraction of sp³-hybridized carbons (Fsp3) is 0.241. The number of anilines is 1. The first-order chi connectivity index (χ1) is 17.7. The molecule has 190 valence electrons. The molecule has 2 aromatic carbocycles. The van der Waals surface area contributed by atoms with Gasteiger partial charge in [0.2, 0.25) is 0 Å². The van der Waals surface area contributed by atoms with Crippen molar-refractivity contribution in [3.63, 3.8) is 0 Å². The Morgan fingerprint density at radius 3 is 2.43 bits per heavy atom. The number of aromatic nitrogens is 1. The third-order valence-electron chi connectivity index (χ3n) is 5.92. The summed E-state index contributed by atoms with van der Waals surface area (Å²) in [6, 6.07) is 13.8. The second kappa shape index (κ2) is 10.7. The van der Waals surface area contributed by atoms with Crippen LogP contribution < -0.4 is 9.64 Å². The number of ketones is 1. The Morgan fingerprint density at radius 1 is 1.05 bits per heavy atom. The van der Waals surface area contributed by atoms with Gasteiger partial charge < -0.3 is 14.6 Å². The van der Waals surface area contributed by atoms with Crippen LogP contribution in [0.3, 0.4) is 0 Å². The van der Waals surface area contributed by atoms with Gasteiger partial charge in [-0.1, -0.05) is 6.07 Å². The third kappa shape index (κ3) is 5.09. The van der Waals surface area contributed by atoms with Gasteiger partial charge in [0.25, 0.3) is 11.7 Å². The number of hydrogen-bond acceptors (Lipinski definition) is 7. The van der Waals surface area contributed by atoms with Crippen LogP contribution in [-0.4, -0.2) is 40.5 Å². The van der Waals surface area contributed by atoms with E-state index in [1.165, 1.54) is 11.0 Å². The Kier molecular flexibility index (Phi) is 7.38. The number of benzene rings is 2. The van der Waals surface area contributed by atoms with E-state index in [0.717, 1.165) is 5.56 Å². The van der Waals surface area contributed by atoms with Crippen molar-refractivity contribution in [1.82, 2.24) is 4.98 Å². The molecule has 4 rings (SSSR count). The summed E-state index contributed by atoms with van der Waals surface area (Å²) in [7, 11) is 0. The SMILES string of the molecule is CCOc1ccc(/C(O)=C2\C(=O)C(=O)N(c3cccc(C(=O)OC(C)C)c3)C2c2ccncc2)cc1C. The fourth-order valence-corrected chi connectivity index (χ4v) is 4.29. The molecule has 1 aliphatic heterocycles. The molecule has 1 aromatic heterocycles. The van der Waals surface area contributed by atoms with Gasteiger partial charge in [-0.3, -0.25) is 19.5 Å². The maximum Gasteiger partial charge on any atom is 0.338 e. The molecule has 1 aliphatic rings. The van der Waals surface area contributed by atoms with Crippen LogP contribution in [0.4, 0.5) is 5.69 Å². The number of Topliss-reactive ketones (excluding diaryl/α,β-unsaturated/α-hetero) is 1. The standard InChI is InChI=1S/C29H28N2O6/c1-5-36-23-10-9-20(15-18(23)4)26(32)24-25(19-11-13-30-14-12-19)31(28(34)27(24)33)22-8-6-7-21(16-22)29(35)37-17(2)3/h6-17,25,32H,5H2,1-4H3/b26-24+. The van der Waals surface area contributed by atoms with Gasteiger partial charge in [-0.2, -0.15) is 0 Å². The van der Waals surface area contributed by atoms with Crippen LogP contribution in [0.1, 0.15) is 53.9 Å². The summed E-state index contributed by atoms with van der Waals surface area (Å²) in [5, 5.41) is 11.3. The van der Waals surface area contributed by atoms with E-state index in [2.05, 4.69) is 4.98 Å². The Labute approximate surface area is 215 Å². The minimum atomic E-state index is -0.939. The lowest BCUT2D eigenvalue weighted by Gasteiger charge is -2.25. The van der Waals surface area contributed by atoms with Crippen LogP contribution in [0.25, 0.3) is 5.76 Å². The lowest BCUT2D eigenvalue weighted by molar-refractivity contribution is -0.132. The van der Waals surface area contributed by atoms with E-state index in [9.17, 15) is 19.5 Å². The molecule has 1 unspecified atom stereocenters. The molecule has 2 heterocycles. The second-order valence-electron chi connectivity index (χ2n) is 8.87. The molecule has 8 nitrogen and oxygen atoms in total. The largest absolute Gasteiger partial charge is 0.507 e. The molecule has 0 saturated carbocycles. The highest BCUT2D eigenvalue weighted by molar-refractivity contribution is 6.51. The molecule has 3 aromatic rings. The Morgan fingerprint density at radius 2 is 1.78 bits per heavy atom. The number of carbonyl (C=O) groups excluding carboxylic acids is 3. The van der Waals surface area contributed by atoms with E-state index in [4.69, 9.17) is 9.47 Å². The number of rotatable bonds is 7. The van der Waals surface area contributed by atoms with Crippen molar-refractivity contribution >= 4 is 29.1 Å². The summed E-state index contributed by atoms with van der Waals surface area (Å²) in [4.78, 5) is 44.6. The van der Waals surface area contributed by atoms with E-state index in [-0.39, 0.29) is 23.0 Å². The Balaban J connectivity index is 1.86. The molecular formula is C29H28N2O6. The molecule has 8 heteroatoms. The summed E-state index contributed by atoms with van der Waals surface area (Å²) >= 11 is 0. The van der Waals surface area contributed by atoms with Crippen molar-refractivity contribution in [2.75, 3.05) is 11.5 Å². The fourth-order valence-electron chi connectivity index (χ4n) is 4.29. The number of aliphatic hydroxyl groups excluding tert-OH is 1. The van der Waals surface area contributed by atoms with Crippen molar-refractivity contribution < 1.29 is 29.0 Å². The van der Waals surface area contributed by atoms with Gasteiger partial charge >= 0.3 is 5.97 Å². The predicted octanol–water partition coefficient (Wildman–Crippen LogP) is 4.98. The average Bonchev–Trinajstić information content (AvgIpc) is 3.15. The first-order valence-electron chi connectivity index (χ1n) is 12.0. The molecule has 1 atom stereocenters. The molecular weight excluding hydrogens is 472 g/mol. The molecule has 0 bridgehead atoms. The predicted molar refractivity (Wildman–Crippen MR) is 138 cm³/mol. The number of ether oxygens (including phenoxy) is 2. The van der Waals surface area contributed by atoms with Gasteiger partial charge in [-0.15, -0.1) is 0 Å². The highest BCUT2D eigenvalue weighted by Gasteiger charge is 2.47. The van der Waals surface area contributed by atoms with E-state index in [0.29, 0.717) is 29.2 Å². The summed E-state index contributed by atoms with van der Waals surface area (Å²) in [5.41, 5.74) is 2.24. The maximum atomic E-state index is 13.4. The molecule has 0 aliphatic carbocycles. The zero-order chi connectivity index (χ0) is 26.7. The van der Waals surface area contributed by atoms with Crippen LogP contribution in [0.15, 0.2) is 72.6 Å². The van der Waals surface area contributed by atoms with E-state index < -0.39 is 23.7 Å². The number of aryl methyl sites for hydroxylation is 1. The van der Waals surface area contributed by atoms with E-state index in [1.54, 1.807) is 74.8 Å². The summed E-state index contributed by atoms with van der Waals surface area (Å²) < 4.78 is 10.9. The van der Waals surface area contributed by atoms with Crippen molar-refractivity contribution in [1.29, 1.82) is 0 Å². The smallest absolute Gasteiger partial charge is 0.338 e. The highest BCUT2D eigenvalue weighted by Crippen LogP contribution is 2.42. The second-order valence-corrected chi connectivity index (χ2v) is 8.87. The third-order valence-corrected chi connectivity index (χ3v) is 5.92. The number of pyridine rings is 1. The molecule has 37 heavy (non-hydrogen) atoms. The van der Waals surface area contributed by atoms with Crippen molar-refractivity contribution in [3.8, 4) is 5.75 Å². The molecule has 1 fully saturated rings. The van der Waals surface area contributed by atoms with Crippen molar-refractivity contribution in [3.05, 3.63) is 94.8 Å². The van der Waals surface area contributed by atoms with Gasteiger partial charge in [0.1, 0.15) is 11.5 Å². The normalized spacial score (nSPS) is 16.8. The number of aliphatic hydroxyl groups is 1. The molecule has 0 radical (unpaired) electrons. The topological polar surface area (TPSA) is 106 Å². The van der Waals surface area contributed by atoms with Gasteiger partial charge in [-0.25, -0.2) is 4.79 Å². The number of amides is 1. The number of hydrogen-bond donors (Lipinski definition) is 1. The average molecular weight is 501 g/mol. The van der Waals surface area contributed by atoms with Crippen molar-refractivity contribution in [2.24, 2.45) is 0 Å². The zero-order valence-electron chi connectivity index (χ0n) is 21.1. The molecule has 1 N–H and O–H groups in total. The van der Waals surface area contributed by atoms with Gasteiger partial charge in [0.05, 0.1) is 29.9 Å². The van der Waals surface area contributed by atoms with Gasteiger partial charge in [0.15, 0.2) is 0 Å². The van der Waals surface area contributed by atoms with Crippen LogP contribution >= 0.6 is 0 Å². The van der Waals surface area contributed by atoms with Crippen LogP contribution in [-0.2, 0) is 14.3 Å². The maximum absolute atomic E-state index is 13.4. The highest BCUT2D eigenvalue weighted by atomic mass is 16.5.